The summed E-state index contributed by atoms with van der Waals surface area (Å²) < 4.78 is 0. The Morgan fingerprint density at radius 3 is 2.59 bits per heavy atom. The number of phenols is 1. The van der Waals surface area contributed by atoms with Crippen molar-refractivity contribution in [2.45, 2.75) is 24.7 Å². The molecule has 1 aliphatic heterocycles. The molecule has 0 fully saturated rings. The lowest BCUT2D eigenvalue weighted by Gasteiger charge is -2.34. The molecule has 3 heterocycles. The third-order valence-corrected chi connectivity index (χ3v) is 6.38. The Hall–Kier alpha value is -3.06. The number of aromatic amines is 2. The predicted octanol–water partition coefficient (Wildman–Crippen LogP) is 3.43. The van der Waals surface area contributed by atoms with E-state index < -0.39 is 5.92 Å². The Bertz CT molecular complexity index is 1110. The van der Waals surface area contributed by atoms with Gasteiger partial charge < -0.3 is 10.4 Å². The highest BCUT2D eigenvalue weighted by Gasteiger charge is 2.40. The third-order valence-electron chi connectivity index (χ3n) is 5.35. The number of rotatable bonds is 2. The number of aromatic hydroxyl groups is 1. The van der Waals surface area contributed by atoms with Crippen molar-refractivity contribution in [2.24, 2.45) is 0 Å². The van der Waals surface area contributed by atoms with E-state index in [0.717, 1.165) is 17.7 Å². The Kier molecular flexibility index (Phi) is 3.58. The maximum absolute atomic E-state index is 13.2. The molecule has 4 N–H and O–H groups in total. The van der Waals surface area contributed by atoms with Gasteiger partial charge in [0.05, 0.1) is 5.56 Å². The number of H-pyrrole nitrogens is 2. The van der Waals surface area contributed by atoms with Crippen molar-refractivity contribution < 1.29 is 9.90 Å². The monoisotopic (exact) mass is 379 g/mol. The molecule has 27 heavy (non-hydrogen) atoms. The molecule has 2 aliphatic rings. The minimum Gasteiger partial charge on any atom is -0.508 e. The second-order valence-electron chi connectivity index (χ2n) is 6.95. The van der Waals surface area contributed by atoms with Crippen LogP contribution in [0.2, 0.25) is 0 Å². The van der Waals surface area contributed by atoms with Crippen LogP contribution in [-0.2, 0) is 4.79 Å². The van der Waals surface area contributed by atoms with Gasteiger partial charge in [-0.25, -0.2) is 0 Å². The lowest BCUT2D eigenvalue weighted by Crippen LogP contribution is -2.31. The fraction of sp³-hybridized carbons (Fsp3) is 0.200. The van der Waals surface area contributed by atoms with E-state index in [1.54, 1.807) is 35.6 Å². The van der Waals surface area contributed by atoms with Crippen LogP contribution in [0.4, 0.5) is 5.82 Å². The van der Waals surface area contributed by atoms with Crippen LogP contribution in [-0.4, -0.2) is 21.1 Å². The van der Waals surface area contributed by atoms with Crippen molar-refractivity contribution in [3.8, 4) is 5.75 Å². The number of hydrogen-bond acceptors (Lipinski definition) is 5. The van der Waals surface area contributed by atoms with Gasteiger partial charge in [0.2, 0.25) is 0 Å². The summed E-state index contributed by atoms with van der Waals surface area (Å²) in [5.74, 6) is 0.529. The summed E-state index contributed by atoms with van der Waals surface area (Å²) in [6.07, 6.45) is 1.16. The number of carbonyl (C=O) groups is 1. The van der Waals surface area contributed by atoms with Crippen molar-refractivity contribution in [1.29, 1.82) is 0 Å². The third kappa shape index (κ3) is 2.54. The number of benzene rings is 1. The molecule has 1 aliphatic carbocycles. The van der Waals surface area contributed by atoms with Gasteiger partial charge in [0.15, 0.2) is 5.78 Å². The van der Waals surface area contributed by atoms with Gasteiger partial charge in [-0.2, -0.15) is 0 Å². The molecule has 2 aromatic heterocycles. The number of Topliss-reactive ketones (excluding diaryl/α,β-unsaturated/α-hetero) is 1. The minimum atomic E-state index is -0.441. The molecule has 0 amide bonds. The number of hydrogen-bond donors (Lipinski definition) is 4. The lowest BCUT2D eigenvalue weighted by atomic mass is 9.74. The van der Waals surface area contributed by atoms with E-state index >= 15 is 0 Å². The van der Waals surface area contributed by atoms with Gasteiger partial charge in [0, 0.05) is 34.4 Å². The average molecular weight is 379 g/mol. The summed E-state index contributed by atoms with van der Waals surface area (Å²) in [6.45, 7) is 0. The number of allylic oxidation sites excluding steroid dienone is 2. The van der Waals surface area contributed by atoms with Crippen molar-refractivity contribution >= 4 is 22.9 Å². The van der Waals surface area contributed by atoms with Gasteiger partial charge in [-0.1, -0.05) is 18.2 Å². The van der Waals surface area contributed by atoms with E-state index in [2.05, 4.69) is 21.6 Å². The smallest absolute Gasteiger partial charge is 0.270 e. The molecule has 0 spiro atoms. The summed E-state index contributed by atoms with van der Waals surface area (Å²) in [5, 5.41) is 20.5. The van der Waals surface area contributed by atoms with Crippen LogP contribution in [0.25, 0.3) is 0 Å². The van der Waals surface area contributed by atoms with Crippen molar-refractivity contribution in [2.75, 3.05) is 5.32 Å². The molecule has 0 saturated heterocycles. The van der Waals surface area contributed by atoms with Crippen molar-refractivity contribution in [3.05, 3.63) is 79.4 Å². The highest BCUT2D eigenvalue weighted by Crippen LogP contribution is 2.47. The minimum absolute atomic E-state index is 0.0616. The van der Waals surface area contributed by atoms with E-state index in [1.807, 2.05) is 11.4 Å². The number of nitrogens with one attached hydrogen (secondary N) is 3. The van der Waals surface area contributed by atoms with Crippen LogP contribution in [0.3, 0.4) is 0 Å². The Labute approximate surface area is 158 Å². The molecule has 1 aromatic carbocycles. The molecular weight excluding hydrogens is 362 g/mol. The van der Waals surface area contributed by atoms with Gasteiger partial charge in [0.25, 0.3) is 5.56 Å². The second kappa shape index (κ2) is 5.99. The first kappa shape index (κ1) is 16.1. The van der Waals surface area contributed by atoms with E-state index in [4.69, 9.17) is 0 Å². The first-order valence-electron chi connectivity index (χ1n) is 8.78. The quantitative estimate of drug-likeness (QED) is 0.548. The number of phenolic OH excluding ortho intramolecular Hbond substituents is 1. The number of carbonyl (C=O) groups excluding carboxylic acids is 1. The van der Waals surface area contributed by atoms with Crippen LogP contribution in [0.1, 0.15) is 40.7 Å². The maximum Gasteiger partial charge on any atom is 0.270 e. The predicted molar refractivity (Wildman–Crippen MR) is 103 cm³/mol. The van der Waals surface area contributed by atoms with E-state index in [1.165, 1.54) is 4.88 Å². The van der Waals surface area contributed by atoms with Gasteiger partial charge in [-0.3, -0.25) is 19.8 Å². The molecule has 2 atom stereocenters. The number of anilines is 1. The SMILES string of the molecule is O=C1C[C@H](c2cccs2)CC2=C1[C@@H](c1ccc(O)cc1)c1c([nH][nH]c1=O)N2. The molecule has 0 bridgehead atoms. The number of aromatic nitrogens is 2. The average Bonchev–Trinajstić information content (AvgIpc) is 3.31. The van der Waals surface area contributed by atoms with Crippen LogP contribution < -0.4 is 10.9 Å². The number of fused-ring (bicyclic) bond motifs is 1. The lowest BCUT2D eigenvalue weighted by molar-refractivity contribution is -0.116. The summed E-state index contributed by atoms with van der Waals surface area (Å²) >= 11 is 1.66. The first-order valence-corrected chi connectivity index (χ1v) is 9.66. The van der Waals surface area contributed by atoms with E-state index in [-0.39, 0.29) is 23.0 Å². The number of ketones is 1. The Balaban J connectivity index is 1.65. The molecule has 136 valence electrons. The molecule has 5 rings (SSSR count). The molecular formula is C20H17N3O3S. The fourth-order valence-electron chi connectivity index (χ4n) is 4.15. The molecule has 0 unspecified atom stereocenters. The zero-order valence-corrected chi connectivity index (χ0v) is 15.1. The zero-order valence-electron chi connectivity index (χ0n) is 14.3. The summed E-state index contributed by atoms with van der Waals surface area (Å²) in [5.41, 5.74) is 2.62. The highest BCUT2D eigenvalue weighted by atomic mass is 32.1. The van der Waals surface area contributed by atoms with E-state index in [0.29, 0.717) is 23.4 Å². The summed E-state index contributed by atoms with van der Waals surface area (Å²) in [4.78, 5) is 26.8. The Morgan fingerprint density at radius 1 is 1.04 bits per heavy atom. The van der Waals surface area contributed by atoms with Crippen LogP contribution in [0, 0.1) is 0 Å². The number of thiophene rings is 1. The van der Waals surface area contributed by atoms with Crippen molar-refractivity contribution in [1.82, 2.24) is 10.2 Å². The normalized spacial score (nSPS) is 21.6. The molecule has 6 nitrogen and oxygen atoms in total. The van der Waals surface area contributed by atoms with Gasteiger partial charge in [0.1, 0.15) is 11.6 Å². The Morgan fingerprint density at radius 2 is 1.85 bits per heavy atom. The standard InChI is InChI=1S/C20H17N3O3S/c24-12-5-3-10(4-6-12)16-17-13(21-19-18(16)20(26)23-22-19)8-11(9-14(17)25)15-2-1-7-27-15/h1-7,11,16,24H,8-9H2,(H3,21,22,23,26)/t11-,16-/m1/s1. The second-order valence-corrected chi connectivity index (χ2v) is 7.93. The van der Waals surface area contributed by atoms with Crippen LogP contribution in [0.15, 0.2) is 57.8 Å². The molecule has 0 saturated carbocycles. The topological polar surface area (TPSA) is 98.0 Å². The fourth-order valence-corrected chi connectivity index (χ4v) is 4.98. The zero-order chi connectivity index (χ0) is 18.5. The largest absolute Gasteiger partial charge is 0.508 e. The van der Waals surface area contributed by atoms with E-state index in [9.17, 15) is 14.7 Å². The molecule has 7 heteroatoms. The molecule has 3 aromatic rings. The van der Waals surface area contributed by atoms with Crippen LogP contribution in [0.5, 0.6) is 5.75 Å². The van der Waals surface area contributed by atoms with Gasteiger partial charge in [-0.15, -0.1) is 11.3 Å². The summed E-state index contributed by atoms with van der Waals surface area (Å²) in [7, 11) is 0. The van der Waals surface area contributed by atoms with Gasteiger partial charge in [-0.05, 0) is 35.6 Å². The maximum atomic E-state index is 13.2. The van der Waals surface area contributed by atoms with Gasteiger partial charge >= 0.3 is 0 Å². The first-order chi connectivity index (χ1) is 13.1. The van der Waals surface area contributed by atoms with Crippen LogP contribution >= 0.6 is 11.3 Å². The van der Waals surface area contributed by atoms with Crippen molar-refractivity contribution in [3.63, 3.8) is 0 Å². The molecule has 0 radical (unpaired) electrons. The highest BCUT2D eigenvalue weighted by molar-refractivity contribution is 7.10. The summed E-state index contributed by atoms with van der Waals surface area (Å²) in [6, 6.07) is 10.8.